The molecule has 5 heteroatoms. The van der Waals surface area contributed by atoms with Crippen molar-refractivity contribution in [3.05, 3.63) is 56.8 Å². The number of ketones is 1. The molecule has 1 N–H and O–H groups in total. The van der Waals surface area contributed by atoms with Crippen molar-refractivity contribution in [2.45, 2.75) is 52.9 Å². The standard InChI is InChI=1S/C22H26BrNO3/c1-5-9-27-21(26)18-13(2)24-16-11-22(3,4)12-17(25)20(16)19(18)14-7-6-8-15(23)10-14/h6-8,10,19,24H,5,9,11-12H2,1-4H3/t19-/m1/s1. The Kier molecular flexibility index (Phi) is 5.61. The largest absolute Gasteiger partial charge is 0.462 e. The van der Waals surface area contributed by atoms with Crippen LogP contribution in [0.4, 0.5) is 0 Å². The SMILES string of the molecule is CCCOC(=O)C1=C(C)NC2=C(C(=O)CC(C)(C)C2)[C@@H]1c1cccc(Br)c1. The average Bonchev–Trinajstić information content (AvgIpc) is 2.57. The number of ether oxygens (including phenoxy) is 1. The highest BCUT2D eigenvalue weighted by Crippen LogP contribution is 2.47. The lowest BCUT2D eigenvalue weighted by Crippen LogP contribution is -2.38. The molecule has 3 rings (SSSR count). The van der Waals surface area contributed by atoms with Gasteiger partial charge in [0.1, 0.15) is 0 Å². The van der Waals surface area contributed by atoms with E-state index in [0.29, 0.717) is 24.2 Å². The fourth-order valence-electron chi connectivity index (χ4n) is 4.00. The van der Waals surface area contributed by atoms with E-state index in [9.17, 15) is 9.59 Å². The number of hydrogen-bond donors (Lipinski definition) is 1. The summed E-state index contributed by atoms with van der Waals surface area (Å²) in [6.07, 6.45) is 2.02. The summed E-state index contributed by atoms with van der Waals surface area (Å²) < 4.78 is 6.38. The van der Waals surface area contributed by atoms with Gasteiger partial charge in [-0.25, -0.2) is 4.79 Å². The zero-order valence-electron chi connectivity index (χ0n) is 16.3. The molecule has 0 bridgehead atoms. The number of esters is 1. The van der Waals surface area contributed by atoms with Gasteiger partial charge in [0.05, 0.1) is 12.2 Å². The highest BCUT2D eigenvalue weighted by molar-refractivity contribution is 9.10. The monoisotopic (exact) mass is 431 g/mol. The summed E-state index contributed by atoms with van der Waals surface area (Å²) in [5.41, 5.74) is 3.78. The Morgan fingerprint density at radius 3 is 2.74 bits per heavy atom. The van der Waals surface area contributed by atoms with E-state index in [-0.39, 0.29) is 17.2 Å². The van der Waals surface area contributed by atoms with Crippen molar-refractivity contribution in [2.75, 3.05) is 6.61 Å². The maximum atomic E-state index is 13.1. The summed E-state index contributed by atoms with van der Waals surface area (Å²) >= 11 is 3.52. The average molecular weight is 432 g/mol. The summed E-state index contributed by atoms with van der Waals surface area (Å²) in [5.74, 6) is -0.644. The van der Waals surface area contributed by atoms with E-state index in [1.54, 1.807) is 0 Å². The van der Waals surface area contributed by atoms with Gasteiger partial charge in [-0.15, -0.1) is 0 Å². The van der Waals surface area contributed by atoms with Gasteiger partial charge in [0.2, 0.25) is 0 Å². The van der Waals surface area contributed by atoms with Crippen molar-refractivity contribution >= 4 is 27.7 Å². The van der Waals surface area contributed by atoms with Crippen molar-refractivity contribution in [3.8, 4) is 0 Å². The number of Topliss-reactive ketones (excluding diaryl/α,β-unsaturated/α-hetero) is 1. The molecule has 1 heterocycles. The third kappa shape index (κ3) is 4.03. The molecule has 0 aromatic heterocycles. The molecule has 1 aliphatic carbocycles. The van der Waals surface area contributed by atoms with E-state index >= 15 is 0 Å². The third-order valence-corrected chi connectivity index (χ3v) is 5.57. The molecule has 0 spiro atoms. The van der Waals surface area contributed by atoms with Gasteiger partial charge in [0.25, 0.3) is 0 Å². The quantitative estimate of drug-likeness (QED) is 0.680. The van der Waals surface area contributed by atoms with E-state index in [1.807, 2.05) is 38.1 Å². The van der Waals surface area contributed by atoms with Gasteiger partial charge in [0.15, 0.2) is 5.78 Å². The molecule has 144 valence electrons. The van der Waals surface area contributed by atoms with Gasteiger partial charge in [-0.1, -0.05) is 48.8 Å². The van der Waals surface area contributed by atoms with Gasteiger partial charge in [-0.2, -0.15) is 0 Å². The molecule has 1 aromatic carbocycles. The first-order valence-corrected chi connectivity index (χ1v) is 10.2. The number of allylic oxidation sites excluding steroid dienone is 3. The third-order valence-electron chi connectivity index (χ3n) is 5.08. The predicted octanol–water partition coefficient (Wildman–Crippen LogP) is 5.01. The Hall–Kier alpha value is -1.88. The Morgan fingerprint density at radius 1 is 1.33 bits per heavy atom. The minimum Gasteiger partial charge on any atom is -0.462 e. The maximum absolute atomic E-state index is 13.1. The minimum atomic E-state index is -0.397. The molecule has 2 aliphatic rings. The Balaban J connectivity index is 2.14. The van der Waals surface area contributed by atoms with Gasteiger partial charge < -0.3 is 10.1 Å². The first-order chi connectivity index (χ1) is 12.7. The molecule has 27 heavy (non-hydrogen) atoms. The summed E-state index contributed by atoms with van der Waals surface area (Å²) in [6, 6.07) is 7.83. The van der Waals surface area contributed by atoms with Crippen molar-refractivity contribution in [3.63, 3.8) is 0 Å². The van der Waals surface area contributed by atoms with Crippen LogP contribution in [0.1, 0.15) is 58.4 Å². The van der Waals surface area contributed by atoms with Crippen LogP contribution in [-0.2, 0) is 14.3 Å². The highest BCUT2D eigenvalue weighted by Gasteiger charge is 2.43. The zero-order chi connectivity index (χ0) is 19.8. The van der Waals surface area contributed by atoms with Crippen LogP contribution in [0.2, 0.25) is 0 Å². The molecule has 1 atom stereocenters. The second-order valence-corrected chi connectivity index (χ2v) is 9.04. The Morgan fingerprint density at radius 2 is 2.07 bits per heavy atom. The fraction of sp³-hybridized carbons (Fsp3) is 0.455. The molecule has 0 amide bonds. The molecule has 4 nitrogen and oxygen atoms in total. The number of carbonyl (C=O) groups is 2. The van der Waals surface area contributed by atoms with E-state index < -0.39 is 5.92 Å². The molecule has 0 unspecified atom stereocenters. The first kappa shape index (κ1) is 19.9. The van der Waals surface area contributed by atoms with Crippen molar-refractivity contribution in [1.29, 1.82) is 0 Å². The number of carbonyl (C=O) groups excluding carboxylic acids is 2. The highest BCUT2D eigenvalue weighted by atomic mass is 79.9. The molecule has 1 aliphatic heterocycles. The smallest absolute Gasteiger partial charge is 0.336 e. The van der Waals surface area contributed by atoms with Crippen molar-refractivity contribution < 1.29 is 14.3 Å². The summed E-state index contributed by atoms with van der Waals surface area (Å²) in [4.78, 5) is 26.0. The number of nitrogens with one attached hydrogen (secondary N) is 1. The van der Waals surface area contributed by atoms with Crippen LogP contribution in [0.3, 0.4) is 0 Å². The summed E-state index contributed by atoms with van der Waals surface area (Å²) in [6.45, 7) is 8.44. The molecule has 0 saturated heterocycles. The van der Waals surface area contributed by atoms with Crippen LogP contribution in [0.15, 0.2) is 51.3 Å². The number of rotatable bonds is 4. The van der Waals surface area contributed by atoms with E-state index in [4.69, 9.17) is 4.74 Å². The predicted molar refractivity (Wildman–Crippen MR) is 109 cm³/mol. The number of dihydropyridines is 1. The number of halogens is 1. The van der Waals surface area contributed by atoms with E-state index in [0.717, 1.165) is 34.3 Å². The minimum absolute atomic E-state index is 0.0920. The van der Waals surface area contributed by atoms with E-state index in [2.05, 4.69) is 35.1 Å². The zero-order valence-corrected chi connectivity index (χ0v) is 17.9. The Bertz CT molecular complexity index is 851. The number of benzene rings is 1. The van der Waals surface area contributed by atoms with Gasteiger partial charge >= 0.3 is 5.97 Å². The first-order valence-electron chi connectivity index (χ1n) is 9.40. The molecule has 1 aromatic rings. The second-order valence-electron chi connectivity index (χ2n) is 8.12. The van der Waals surface area contributed by atoms with Crippen LogP contribution in [0.25, 0.3) is 0 Å². The lowest BCUT2D eigenvalue weighted by Gasteiger charge is -2.39. The van der Waals surface area contributed by atoms with Crippen molar-refractivity contribution in [1.82, 2.24) is 5.32 Å². The molecular formula is C22H26BrNO3. The van der Waals surface area contributed by atoms with Crippen LogP contribution in [0.5, 0.6) is 0 Å². The van der Waals surface area contributed by atoms with Crippen molar-refractivity contribution in [2.24, 2.45) is 5.41 Å². The van der Waals surface area contributed by atoms with Crippen LogP contribution in [-0.4, -0.2) is 18.4 Å². The fourth-order valence-corrected chi connectivity index (χ4v) is 4.42. The van der Waals surface area contributed by atoms with Gasteiger partial charge in [-0.3, -0.25) is 4.79 Å². The lowest BCUT2D eigenvalue weighted by molar-refractivity contribution is -0.139. The topological polar surface area (TPSA) is 55.4 Å². The van der Waals surface area contributed by atoms with Crippen LogP contribution < -0.4 is 5.32 Å². The molecule has 0 radical (unpaired) electrons. The van der Waals surface area contributed by atoms with E-state index in [1.165, 1.54) is 0 Å². The normalized spacial score (nSPS) is 21.7. The molecule has 0 saturated carbocycles. The van der Waals surface area contributed by atoms with Crippen LogP contribution >= 0.6 is 15.9 Å². The van der Waals surface area contributed by atoms with Gasteiger partial charge in [0, 0.05) is 33.8 Å². The molecular weight excluding hydrogens is 406 g/mol. The van der Waals surface area contributed by atoms with Crippen LogP contribution in [0, 0.1) is 5.41 Å². The summed E-state index contributed by atoms with van der Waals surface area (Å²) in [7, 11) is 0. The maximum Gasteiger partial charge on any atom is 0.336 e. The number of hydrogen-bond acceptors (Lipinski definition) is 4. The molecule has 0 fully saturated rings. The Labute approximate surface area is 169 Å². The van der Waals surface area contributed by atoms with Gasteiger partial charge in [-0.05, 0) is 42.9 Å². The second kappa shape index (κ2) is 7.63. The lowest BCUT2D eigenvalue weighted by atomic mass is 9.68. The summed E-state index contributed by atoms with van der Waals surface area (Å²) in [5, 5.41) is 3.35.